The third-order valence-corrected chi connectivity index (χ3v) is 5.84. The number of hydrogen-bond donors (Lipinski definition) is 2. The van der Waals surface area contributed by atoms with Gasteiger partial charge in [0.1, 0.15) is 0 Å². The van der Waals surface area contributed by atoms with E-state index in [-0.39, 0.29) is 12.3 Å². The molecular formula is C11H24N2O3S2. The summed E-state index contributed by atoms with van der Waals surface area (Å²) in [7, 11) is -4.12. The highest BCUT2D eigenvalue weighted by molar-refractivity contribution is 7.89. The van der Waals surface area contributed by atoms with E-state index in [0.717, 1.165) is 13.0 Å². The van der Waals surface area contributed by atoms with Crippen molar-refractivity contribution >= 4 is 20.8 Å². The molecule has 0 bridgehead atoms. The summed E-state index contributed by atoms with van der Waals surface area (Å²) in [6, 6.07) is 0.333. The van der Waals surface area contributed by atoms with E-state index in [9.17, 15) is 12.6 Å². The van der Waals surface area contributed by atoms with E-state index in [2.05, 4.69) is 10.0 Å². The van der Waals surface area contributed by atoms with Crippen LogP contribution in [-0.2, 0) is 20.8 Å². The van der Waals surface area contributed by atoms with Gasteiger partial charge in [-0.15, -0.1) is 0 Å². The van der Waals surface area contributed by atoms with E-state index in [4.69, 9.17) is 0 Å². The summed E-state index contributed by atoms with van der Waals surface area (Å²) in [5.41, 5.74) is 0. The van der Waals surface area contributed by atoms with Crippen LogP contribution in [0.5, 0.6) is 0 Å². The highest BCUT2D eigenvalue weighted by atomic mass is 32.2. The number of sulfonamides is 1. The number of hydrogen-bond acceptors (Lipinski definition) is 4. The summed E-state index contributed by atoms with van der Waals surface area (Å²) >= 11 is 0. The summed E-state index contributed by atoms with van der Waals surface area (Å²) in [6.45, 7) is 3.11. The van der Waals surface area contributed by atoms with Crippen LogP contribution in [0.3, 0.4) is 0 Å². The Labute approximate surface area is 113 Å². The van der Waals surface area contributed by atoms with Gasteiger partial charge in [0, 0.05) is 34.9 Å². The van der Waals surface area contributed by atoms with Crippen molar-refractivity contribution in [2.45, 2.75) is 38.6 Å². The van der Waals surface area contributed by atoms with E-state index in [1.54, 1.807) is 0 Å². The molecule has 0 spiro atoms. The molecule has 2 atom stereocenters. The Morgan fingerprint density at radius 1 is 1.39 bits per heavy atom. The van der Waals surface area contributed by atoms with Gasteiger partial charge in [-0.25, -0.2) is 13.1 Å². The van der Waals surface area contributed by atoms with Crippen molar-refractivity contribution in [1.82, 2.24) is 10.0 Å². The number of rotatable bonds is 8. The molecule has 108 valence electrons. The fourth-order valence-electron chi connectivity index (χ4n) is 2.00. The van der Waals surface area contributed by atoms with Gasteiger partial charge in [0.2, 0.25) is 10.0 Å². The van der Waals surface area contributed by atoms with Crippen molar-refractivity contribution in [2.24, 2.45) is 0 Å². The second-order valence-corrected chi connectivity index (χ2v) is 8.37. The van der Waals surface area contributed by atoms with E-state index in [1.807, 2.05) is 6.92 Å². The molecule has 7 heteroatoms. The van der Waals surface area contributed by atoms with Crippen LogP contribution in [0.4, 0.5) is 0 Å². The minimum atomic E-state index is -3.21. The predicted octanol–water partition coefficient (Wildman–Crippen LogP) is 0.207. The van der Waals surface area contributed by atoms with E-state index in [1.165, 1.54) is 12.8 Å². The summed E-state index contributed by atoms with van der Waals surface area (Å²) in [5, 5.41) is 3.33. The highest BCUT2D eigenvalue weighted by Crippen LogP contribution is 2.10. The van der Waals surface area contributed by atoms with E-state index < -0.39 is 20.8 Å². The maximum absolute atomic E-state index is 11.7. The molecule has 18 heavy (non-hydrogen) atoms. The van der Waals surface area contributed by atoms with Crippen LogP contribution in [0.25, 0.3) is 0 Å². The fourth-order valence-corrected chi connectivity index (χ4v) is 3.90. The Morgan fingerprint density at radius 3 is 2.78 bits per heavy atom. The summed E-state index contributed by atoms with van der Waals surface area (Å²) in [4.78, 5) is 0. The molecule has 1 heterocycles. The van der Waals surface area contributed by atoms with Gasteiger partial charge in [-0.1, -0.05) is 13.3 Å². The van der Waals surface area contributed by atoms with Gasteiger partial charge in [0.25, 0.3) is 0 Å². The summed E-state index contributed by atoms with van der Waals surface area (Å²) < 4.78 is 37.1. The van der Waals surface area contributed by atoms with Crippen LogP contribution in [0.1, 0.15) is 32.6 Å². The average molecular weight is 296 g/mol. The van der Waals surface area contributed by atoms with Crippen molar-refractivity contribution in [1.29, 1.82) is 0 Å². The van der Waals surface area contributed by atoms with Gasteiger partial charge in [0.05, 0.1) is 5.75 Å². The molecule has 1 aliphatic rings. The maximum atomic E-state index is 11.7. The molecule has 2 N–H and O–H groups in total. The summed E-state index contributed by atoms with van der Waals surface area (Å²) in [6.07, 6.45) is 4.09. The van der Waals surface area contributed by atoms with Crippen LogP contribution in [-0.4, -0.2) is 49.0 Å². The molecule has 1 aliphatic heterocycles. The zero-order valence-corrected chi connectivity index (χ0v) is 12.6. The van der Waals surface area contributed by atoms with Crippen molar-refractivity contribution < 1.29 is 12.6 Å². The molecule has 1 rings (SSSR count). The number of nitrogens with one attached hydrogen (secondary N) is 2. The quantitative estimate of drug-likeness (QED) is 0.671. The van der Waals surface area contributed by atoms with E-state index >= 15 is 0 Å². The monoisotopic (exact) mass is 296 g/mol. The molecular weight excluding hydrogens is 272 g/mol. The van der Waals surface area contributed by atoms with Gasteiger partial charge in [-0.05, 0) is 25.8 Å². The lowest BCUT2D eigenvalue weighted by Crippen LogP contribution is -2.37. The Balaban J connectivity index is 2.20. The zero-order valence-electron chi connectivity index (χ0n) is 11.0. The van der Waals surface area contributed by atoms with Crippen molar-refractivity contribution in [3.8, 4) is 0 Å². The van der Waals surface area contributed by atoms with Gasteiger partial charge >= 0.3 is 0 Å². The fraction of sp³-hybridized carbons (Fsp3) is 1.00. The Hall–Kier alpha value is 0.0200. The highest BCUT2D eigenvalue weighted by Gasteiger charge is 2.17. The van der Waals surface area contributed by atoms with Gasteiger partial charge < -0.3 is 5.32 Å². The van der Waals surface area contributed by atoms with Gasteiger partial charge in [-0.2, -0.15) is 0 Å². The number of piperidine rings is 1. The Kier molecular flexibility index (Phi) is 7.36. The van der Waals surface area contributed by atoms with Crippen LogP contribution in [0.15, 0.2) is 0 Å². The molecule has 0 saturated carbocycles. The van der Waals surface area contributed by atoms with E-state index in [0.29, 0.717) is 24.0 Å². The largest absolute Gasteiger partial charge is 0.314 e. The molecule has 0 radical (unpaired) electrons. The van der Waals surface area contributed by atoms with Crippen LogP contribution >= 0.6 is 0 Å². The third-order valence-electron chi connectivity index (χ3n) is 3.12. The lowest BCUT2D eigenvalue weighted by molar-refractivity contribution is 0.392. The zero-order chi connectivity index (χ0) is 13.4. The lowest BCUT2D eigenvalue weighted by Gasteiger charge is -2.23. The lowest BCUT2D eigenvalue weighted by atomic mass is 10.0. The average Bonchev–Trinajstić information content (AvgIpc) is 2.37. The topological polar surface area (TPSA) is 75.3 Å². The molecule has 0 aliphatic carbocycles. The Morgan fingerprint density at radius 2 is 2.17 bits per heavy atom. The normalized spacial score (nSPS) is 22.8. The minimum Gasteiger partial charge on any atom is -0.314 e. The van der Waals surface area contributed by atoms with Crippen LogP contribution in [0, 0.1) is 0 Å². The third kappa shape index (κ3) is 6.82. The first-order valence-corrected chi connectivity index (χ1v) is 9.73. The van der Waals surface area contributed by atoms with Crippen LogP contribution < -0.4 is 10.0 Å². The first-order valence-electron chi connectivity index (χ1n) is 6.59. The molecule has 2 unspecified atom stereocenters. The molecule has 5 nitrogen and oxygen atoms in total. The summed E-state index contributed by atoms with van der Waals surface area (Å²) in [5.74, 6) is 1.13. The molecule has 1 saturated heterocycles. The maximum Gasteiger partial charge on any atom is 0.211 e. The first-order chi connectivity index (χ1) is 8.53. The van der Waals surface area contributed by atoms with Gasteiger partial charge in [-0.3, -0.25) is 4.21 Å². The second-order valence-electron chi connectivity index (χ2n) is 4.58. The first kappa shape index (κ1) is 16.1. The van der Waals surface area contributed by atoms with Crippen molar-refractivity contribution in [2.75, 3.05) is 30.3 Å². The predicted molar refractivity (Wildman–Crippen MR) is 75.6 cm³/mol. The van der Waals surface area contributed by atoms with Crippen LogP contribution in [0.2, 0.25) is 0 Å². The SMILES string of the molecule is CCS(=O)CCNS(=O)(=O)CCC1CCCCN1. The van der Waals surface area contributed by atoms with Crippen molar-refractivity contribution in [3.05, 3.63) is 0 Å². The Bertz CT molecular complexity index is 351. The van der Waals surface area contributed by atoms with Gasteiger partial charge in [0.15, 0.2) is 0 Å². The standard InChI is InChI=1S/C11H24N2O3S2/c1-2-17(14)9-8-13-18(15,16)10-6-11-5-3-4-7-12-11/h11-13H,2-10H2,1H3. The van der Waals surface area contributed by atoms with Crippen molar-refractivity contribution in [3.63, 3.8) is 0 Å². The minimum absolute atomic E-state index is 0.156. The molecule has 0 aromatic rings. The molecule has 0 aromatic heterocycles. The molecule has 1 fully saturated rings. The second kappa shape index (κ2) is 8.24. The smallest absolute Gasteiger partial charge is 0.211 e. The molecule has 0 aromatic carbocycles. The molecule has 0 amide bonds.